The summed E-state index contributed by atoms with van der Waals surface area (Å²) in [5.41, 5.74) is 0.929. The molecule has 2 amide bonds. The van der Waals surface area contributed by atoms with Crippen molar-refractivity contribution in [2.45, 2.75) is 40.3 Å². The van der Waals surface area contributed by atoms with Gasteiger partial charge in [-0.05, 0) is 49.2 Å². The molecule has 9 heteroatoms. The smallest absolute Gasteiger partial charge is 0.336 e. The third kappa shape index (κ3) is 6.69. The largest absolute Gasteiger partial charge is 0.494 e. The molecule has 0 radical (unpaired) electrons. The number of carbonyl (C=O) groups is 3. The van der Waals surface area contributed by atoms with Crippen molar-refractivity contribution in [2.24, 2.45) is 5.92 Å². The van der Waals surface area contributed by atoms with Crippen molar-refractivity contribution >= 4 is 34.4 Å². The molecule has 0 saturated heterocycles. The Morgan fingerprint density at radius 2 is 1.74 bits per heavy atom. The van der Waals surface area contributed by atoms with Crippen molar-refractivity contribution in [1.82, 2.24) is 5.32 Å². The van der Waals surface area contributed by atoms with Crippen LogP contribution in [0.4, 0.5) is 5.69 Å². The number of fused-ring (bicyclic) bond motifs is 1. The van der Waals surface area contributed by atoms with E-state index >= 15 is 0 Å². The number of rotatable bonds is 9. The van der Waals surface area contributed by atoms with E-state index < -0.39 is 23.5 Å². The van der Waals surface area contributed by atoms with Crippen LogP contribution in [0, 0.1) is 5.92 Å². The Bertz CT molecular complexity index is 1280. The number of hydrogen-bond acceptors (Lipinski definition) is 7. The summed E-state index contributed by atoms with van der Waals surface area (Å²) in [7, 11) is 0. The van der Waals surface area contributed by atoms with E-state index in [2.05, 4.69) is 10.6 Å². The normalized spacial score (nSPS) is 11.7. The molecule has 1 heterocycles. The van der Waals surface area contributed by atoms with Crippen molar-refractivity contribution in [3.63, 3.8) is 0 Å². The molecule has 0 aliphatic carbocycles. The van der Waals surface area contributed by atoms with Gasteiger partial charge in [-0.3, -0.25) is 9.59 Å². The second kappa shape index (κ2) is 11.3. The first-order chi connectivity index (χ1) is 16.7. The second-order valence-electron chi connectivity index (χ2n) is 8.24. The number of amides is 2. The lowest BCUT2D eigenvalue weighted by Gasteiger charge is -2.21. The van der Waals surface area contributed by atoms with E-state index in [1.54, 1.807) is 50.2 Å². The summed E-state index contributed by atoms with van der Waals surface area (Å²) >= 11 is 0. The van der Waals surface area contributed by atoms with E-state index in [-0.39, 0.29) is 24.0 Å². The lowest BCUT2D eigenvalue weighted by molar-refractivity contribution is -0.148. The molecule has 0 aliphatic heterocycles. The predicted molar refractivity (Wildman–Crippen MR) is 130 cm³/mol. The first-order valence-corrected chi connectivity index (χ1v) is 11.2. The molecule has 2 aromatic carbocycles. The van der Waals surface area contributed by atoms with Crippen LogP contribution in [0.25, 0.3) is 11.0 Å². The fourth-order valence-corrected chi connectivity index (χ4v) is 3.46. The minimum absolute atomic E-state index is 0.192. The van der Waals surface area contributed by atoms with Gasteiger partial charge in [0.25, 0.3) is 5.91 Å². The minimum Gasteiger partial charge on any atom is -0.494 e. The third-order valence-electron chi connectivity index (χ3n) is 5.16. The number of nitrogens with one attached hydrogen (secondary N) is 2. The van der Waals surface area contributed by atoms with E-state index in [1.807, 2.05) is 6.92 Å². The van der Waals surface area contributed by atoms with E-state index in [0.29, 0.717) is 34.6 Å². The molecule has 184 valence electrons. The maximum absolute atomic E-state index is 12.9. The Morgan fingerprint density at radius 1 is 1.03 bits per heavy atom. The molecule has 2 N–H and O–H groups in total. The summed E-state index contributed by atoms with van der Waals surface area (Å²) in [5.74, 6) is -0.904. The average molecular weight is 481 g/mol. The van der Waals surface area contributed by atoms with Crippen LogP contribution in [-0.2, 0) is 20.9 Å². The molecule has 0 aliphatic rings. The summed E-state index contributed by atoms with van der Waals surface area (Å²) in [6.45, 7) is 7.15. The fraction of sp³-hybridized carbons (Fsp3) is 0.308. The molecule has 0 unspecified atom stereocenters. The van der Waals surface area contributed by atoms with E-state index in [9.17, 15) is 19.2 Å². The first-order valence-electron chi connectivity index (χ1n) is 11.2. The SMILES string of the molecule is CCOc1ccc(C(=O)N[C@H](C(=O)OCc2cc(=O)oc3cc(NC(C)=O)ccc23)C(C)C)cc1. The zero-order chi connectivity index (χ0) is 25.5. The van der Waals surface area contributed by atoms with Crippen molar-refractivity contribution in [1.29, 1.82) is 0 Å². The zero-order valence-corrected chi connectivity index (χ0v) is 20.0. The minimum atomic E-state index is -0.896. The highest BCUT2D eigenvalue weighted by Gasteiger charge is 2.26. The first kappa shape index (κ1) is 25.5. The van der Waals surface area contributed by atoms with Crippen molar-refractivity contribution in [2.75, 3.05) is 11.9 Å². The summed E-state index contributed by atoms with van der Waals surface area (Å²) in [4.78, 5) is 48.9. The monoisotopic (exact) mass is 480 g/mol. The van der Waals surface area contributed by atoms with Gasteiger partial charge in [0.15, 0.2) is 0 Å². The molecule has 0 spiro atoms. The second-order valence-corrected chi connectivity index (χ2v) is 8.24. The number of esters is 1. The van der Waals surface area contributed by atoms with Crippen LogP contribution in [0.5, 0.6) is 5.75 Å². The zero-order valence-electron chi connectivity index (χ0n) is 20.0. The summed E-state index contributed by atoms with van der Waals surface area (Å²) in [6, 6.07) is 11.8. The van der Waals surface area contributed by atoms with Gasteiger partial charge in [-0.25, -0.2) is 9.59 Å². The molecule has 3 rings (SSSR count). The van der Waals surface area contributed by atoms with Crippen LogP contribution in [0.2, 0.25) is 0 Å². The number of ether oxygens (including phenoxy) is 2. The molecule has 0 bridgehead atoms. The molecule has 0 saturated carbocycles. The van der Waals surface area contributed by atoms with Gasteiger partial charge in [0.2, 0.25) is 5.91 Å². The molecular weight excluding hydrogens is 452 g/mol. The van der Waals surface area contributed by atoms with Crippen LogP contribution in [0.3, 0.4) is 0 Å². The quantitative estimate of drug-likeness (QED) is 0.354. The van der Waals surface area contributed by atoms with Gasteiger partial charge in [0.05, 0.1) is 6.61 Å². The molecular formula is C26H28N2O7. The summed E-state index contributed by atoms with van der Waals surface area (Å²) in [5, 5.41) is 5.90. The van der Waals surface area contributed by atoms with Crippen LogP contribution < -0.4 is 21.0 Å². The molecule has 0 fully saturated rings. The van der Waals surface area contributed by atoms with Gasteiger partial charge in [-0.1, -0.05) is 13.8 Å². The average Bonchev–Trinajstić information content (AvgIpc) is 2.80. The number of carbonyl (C=O) groups excluding carboxylic acids is 3. The van der Waals surface area contributed by atoms with Crippen LogP contribution in [-0.4, -0.2) is 30.4 Å². The van der Waals surface area contributed by atoms with Crippen LogP contribution in [0.1, 0.15) is 43.6 Å². The topological polar surface area (TPSA) is 124 Å². The Balaban J connectivity index is 1.73. The molecule has 1 atom stereocenters. The fourth-order valence-electron chi connectivity index (χ4n) is 3.46. The molecule has 9 nitrogen and oxygen atoms in total. The van der Waals surface area contributed by atoms with Gasteiger partial charge < -0.3 is 24.5 Å². The Labute approximate surface area is 202 Å². The summed E-state index contributed by atoms with van der Waals surface area (Å²) < 4.78 is 16.1. The van der Waals surface area contributed by atoms with E-state index in [0.717, 1.165) is 0 Å². The Morgan fingerprint density at radius 3 is 2.37 bits per heavy atom. The third-order valence-corrected chi connectivity index (χ3v) is 5.16. The van der Waals surface area contributed by atoms with Gasteiger partial charge >= 0.3 is 11.6 Å². The number of benzene rings is 2. The molecule has 35 heavy (non-hydrogen) atoms. The Hall–Kier alpha value is -4.14. The van der Waals surface area contributed by atoms with Crippen molar-refractivity contribution in [3.05, 3.63) is 70.1 Å². The standard InChI is InChI=1S/C26H28N2O7/c1-5-33-20-9-6-17(7-10-20)25(31)28-24(15(2)3)26(32)34-14-18-12-23(30)35-22-13-19(27-16(4)29)8-11-21(18)22/h6-13,15,24H,5,14H2,1-4H3,(H,27,29)(H,28,31)/t24-/m0/s1. The maximum Gasteiger partial charge on any atom is 0.336 e. The molecule has 3 aromatic rings. The molecule has 1 aromatic heterocycles. The highest BCUT2D eigenvalue weighted by atomic mass is 16.5. The predicted octanol–water partition coefficient (Wildman–Crippen LogP) is 3.65. The van der Waals surface area contributed by atoms with E-state index in [1.165, 1.54) is 19.1 Å². The lowest BCUT2D eigenvalue weighted by atomic mass is 10.0. The van der Waals surface area contributed by atoms with Crippen molar-refractivity contribution in [3.8, 4) is 5.75 Å². The van der Waals surface area contributed by atoms with Crippen molar-refractivity contribution < 1.29 is 28.3 Å². The van der Waals surface area contributed by atoms with E-state index in [4.69, 9.17) is 13.9 Å². The van der Waals surface area contributed by atoms with Gasteiger partial charge in [0, 0.05) is 41.3 Å². The van der Waals surface area contributed by atoms with Gasteiger partial charge in [-0.2, -0.15) is 0 Å². The van der Waals surface area contributed by atoms with Crippen LogP contribution >= 0.6 is 0 Å². The summed E-state index contributed by atoms with van der Waals surface area (Å²) in [6.07, 6.45) is 0. The van der Waals surface area contributed by atoms with Crippen LogP contribution in [0.15, 0.2) is 57.7 Å². The highest BCUT2D eigenvalue weighted by Crippen LogP contribution is 2.22. The highest BCUT2D eigenvalue weighted by molar-refractivity contribution is 5.97. The van der Waals surface area contributed by atoms with Gasteiger partial charge in [-0.15, -0.1) is 0 Å². The number of hydrogen-bond donors (Lipinski definition) is 2. The number of anilines is 1. The van der Waals surface area contributed by atoms with Gasteiger partial charge in [0.1, 0.15) is 24.0 Å². The maximum atomic E-state index is 12.9. The lowest BCUT2D eigenvalue weighted by Crippen LogP contribution is -2.45. The Kier molecular flexibility index (Phi) is 8.25.